The van der Waals surface area contributed by atoms with Crippen LogP contribution in [-0.2, 0) is 14.3 Å². The van der Waals surface area contributed by atoms with Crippen LogP contribution in [0.15, 0.2) is 0 Å². The van der Waals surface area contributed by atoms with E-state index in [9.17, 15) is 9.59 Å². The molecule has 1 unspecified atom stereocenters. The molecule has 2 atom stereocenters. The number of thioether (sulfide) groups is 1. The number of urea groups is 1. The number of carbonyl (C=O) groups excluding carboxylic acids is 1. The number of rotatable bonds is 7. The summed E-state index contributed by atoms with van der Waals surface area (Å²) in [7, 11) is 0. The Balaban J connectivity index is 2.25. The number of ether oxygens (including phenoxy) is 2. The number of nitrogens with one attached hydrogen (secondary N) is 2. The van der Waals surface area contributed by atoms with Gasteiger partial charge in [-0.05, 0) is 18.4 Å². The Kier molecular flexibility index (Phi) is 7.61. The van der Waals surface area contributed by atoms with Crippen LogP contribution in [0.25, 0.3) is 0 Å². The van der Waals surface area contributed by atoms with E-state index in [2.05, 4.69) is 10.6 Å². The van der Waals surface area contributed by atoms with Crippen molar-refractivity contribution in [1.29, 1.82) is 0 Å². The second-order valence-corrected chi connectivity index (χ2v) is 5.08. The smallest absolute Gasteiger partial charge is 0.326 e. The third-order valence-corrected chi connectivity index (χ3v) is 3.23. The Labute approximate surface area is 116 Å². The monoisotopic (exact) mass is 292 g/mol. The first-order valence-corrected chi connectivity index (χ1v) is 7.48. The molecule has 0 bridgehead atoms. The van der Waals surface area contributed by atoms with Gasteiger partial charge in [0.25, 0.3) is 0 Å². The normalized spacial score (nSPS) is 20.6. The first-order chi connectivity index (χ1) is 9.13. The van der Waals surface area contributed by atoms with Crippen LogP contribution in [-0.4, -0.2) is 67.6 Å². The minimum atomic E-state index is -1.03. The Morgan fingerprint density at radius 1 is 1.47 bits per heavy atom. The second-order valence-electron chi connectivity index (χ2n) is 4.09. The van der Waals surface area contributed by atoms with Gasteiger partial charge in [0, 0.05) is 6.54 Å². The van der Waals surface area contributed by atoms with Gasteiger partial charge < -0.3 is 25.2 Å². The van der Waals surface area contributed by atoms with Crippen molar-refractivity contribution in [3.8, 4) is 0 Å². The summed E-state index contributed by atoms with van der Waals surface area (Å²) < 4.78 is 10.6. The summed E-state index contributed by atoms with van der Waals surface area (Å²) in [6, 6.07) is -1.36. The molecule has 2 amide bonds. The summed E-state index contributed by atoms with van der Waals surface area (Å²) in [5.74, 6) is -0.349. The topological polar surface area (TPSA) is 96.9 Å². The molecule has 1 aliphatic heterocycles. The summed E-state index contributed by atoms with van der Waals surface area (Å²) in [6.07, 6.45) is 2.11. The fourth-order valence-electron chi connectivity index (χ4n) is 1.56. The Morgan fingerprint density at radius 2 is 2.26 bits per heavy atom. The van der Waals surface area contributed by atoms with E-state index in [1.165, 1.54) is 11.8 Å². The molecular formula is C11H20N2O5S. The van der Waals surface area contributed by atoms with E-state index in [1.807, 2.05) is 6.26 Å². The Bertz CT molecular complexity index is 297. The zero-order valence-electron chi connectivity index (χ0n) is 10.9. The first kappa shape index (κ1) is 16.1. The summed E-state index contributed by atoms with van der Waals surface area (Å²) in [4.78, 5) is 22.5. The maximum absolute atomic E-state index is 11.6. The maximum atomic E-state index is 11.6. The molecule has 0 aromatic heterocycles. The van der Waals surface area contributed by atoms with E-state index in [0.717, 1.165) is 0 Å². The van der Waals surface area contributed by atoms with Gasteiger partial charge >= 0.3 is 12.0 Å². The number of hydrogen-bond donors (Lipinski definition) is 3. The van der Waals surface area contributed by atoms with Gasteiger partial charge in [-0.25, -0.2) is 9.59 Å². The Morgan fingerprint density at radius 3 is 2.84 bits per heavy atom. The van der Waals surface area contributed by atoms with Crippen LogP contribution >= 0.6 is 11.8 Å². The van der Waals surface area contributed by atoms with Crippen molar-refractivity contribution in [2.24, 2.45) is 0 Å². The molecule has 7 nitrogen and oxygen atoms in total. The summed E-state index contributed by atoms with van der Waals surface area (Å²) in [5.41, 5.74) is 0. The standard InChI is InChI=1S/C11H20N2O5S/c1-19-5-2-9(10(14)15)13-11(16)12-6-8-7-17-3-4-18-8/h8-9H,2-7H2,1H3,(H,14,15)(H2,12,13,16)/t8?,9-/m0/s1. The fraction of sp³-hybridized carbons (Fsp3) is 0.818. The van der Waals surface area contributed by atoms with Crippen LogP contribution in [0.3, 0.4) is 0 Å². The van der Waals surface area contributed by atoms with Crippen LogP contribution in [0.4, 0.5) is 4.79 Å². The van der Waals surface area contributed by atoms with E-state index in [1.54, 1.807) is 0 Å². The van der Waals surface area contributed by atoms with Gasteiger partial charge in [-0.1, -0.05) is 0 Å². The van der Waals surface area contributed by atoms with Crippen LogP contribution in [0.1, 0.15) is 6.42 Å². The fourth-order valence-corrected chi connectivity index (χ4v) is 2.03. The van der Waals surface area contributed by atoms with Gasteiger partial charge in [-0.2, -0.15) is 11.8 Å². The number of carbonyl (C=O) groups is 2. The minimum absolute atomic E-state index is 0.172. The van der Waals surface area contributed by atoms with Gasteiger partial charge in [0.15, 0.2) is 0 Å². The number of amides is 2. The van der Waals surface area contributed by atoms with Gasteiger partial charge in [0.2, 0.25) is 0 Å². The van der Waals surface area contributed by atoms with Gasteiger partial charge in [0.1, 0.15) is 6.04 Å². The minimum Gasteiger partial charge on any atom is -0.480 e. The highest BCUT2D eigenvalue weighted by Gasteiger charge is 2.20. The average Bonchev–Trinajstić information content (AvgIpc) is 2.42. The van der Waals surface area contributed by atoms with Crippen molar-refractivity contribution < 1.29 is 24.2 Å². The Hall–Kier alpha value is -0.990. The number of hydrogen-bond acceptors (Lipinski definition) is 5. The average molecular weight is 292 g/mol. The predicted molar refractivity (Wildman–Crippen MR) is 71.5 cm³/mol. The summed E-state index contributed by atoms with van der Waals surface area (Å²) in [5, 5.41) is 14.0. The van der Waals surface area contributed by atoms with Crippen molar-refractivity contribution >= 4 is 23.8 Å². The largest absolute Gasteiger partial charge is 0.480 e. The molecule has 19 heavy (non-hydrogen) atoms. The molecule has 1 rings (SSSR count). The maximum Gasteiger partial charge on any atom is 0.326 e. The lowest BCUT2D eigenvalue weighted by molar-refractivity contribution is -0.139. The van der Waals surface area contributed by atoms with Crippen molar-refractivity contribution in [2.45, 2.75) is 18.6 Å². The quantitative estimate of drug-likeness (QED) is 0.607. The highest BCUT2D eigenvalue weighted by atomic mass is 32.2. The molecule has 1 fully saturated rings. The third-order valence-electron chi connectivity index (χ3n) is 2.59. The molecule has 0 radical (unpaired) electrons. The molecule has 110 valence electrons. The van der Waals surface area contributed by atoms with Gasteiger partial charge in [-0.15, -0.1) is 0 Å². The van der Waals surface area contributed by atoms with Crippen LogP contribution in [0.2, 0.25) is 0 Å². The molecule has 0 saturated carbocycles. The molecule has 0 aromatic rings. The van der Waals surface area contributed by atoms with Crippen molar-refractivity contribution in [2.75, 3.05) is 38.4 Å². The molecule has 1 heterocycles. The van der Waals surface area contributed by atoms with Crippen molar-refractivity contribution in [1.82, 2.24) is 10.6 Å². The number of carboxylic acid groups (broad SMARTS) is 1. The molecular weight excluding hydrogens is 272 g/mol. The van der Waals surface area contributed by atoms with Crippen LogP contribution in [0, 0.1) is 0 Å². The molecule has 0 aliphatic carbocycles. The molecule has 1 saturated heterocycles. The van der Waals surface area contributed by atoms with E-state index in [0.29, 0.717) is 38.5 Å². The number of aliphatic carboxylic acids is 1. The van der Waals surface area contributed by atoms with Gasteiger partial charge in [0.05, 0.1) is 25.9 Å². The summed E-state index contributed by atoms with van der Waals surface area (Å²) in [6.45, 7) is 1.83. The van der Waals surface area contributed by atoms with E-state index < -0.39 is 18.0 Å². The molecule has 0 spiro atoms. The molecule has 1 aliphatic rings. The summed E-state index contributed by atoms with van der Waals surface area (Å²) >= 11 is 1.54. The molecule has 3 N–H and O–H groups in total. The highest BCUT2D eigenvalue weighted by Crippen LogP contribution is 2.01. The zero-order chi connectivity index (χ0) is 14.1. The van der Waals surface area contributed by atoms with E-state index in [4.69, 9.17) is 14.6 Å². The lowest BCUT2D eigenvalue weighted by Gasteiger charge is -2.23. The second kappa shape index (κ2) is 9.00. The van der Waals surface area contributed by atoms with Crippen molar-refractivity contribution in [3.05, 3.63) is 0 Å². The van der Waals surface area contributed by atoms with Gasteiger partial charge in [-0.3, -0.25) is 0 Å². The lowest BCUT2D eigenvalue weighted by atomic mass is 10.2. The SMILES string of the molecule is CSCC[C@H](NC(=O)NCC1COCCO1)C(=O)O. The van der Waals surface area contributed by atoms with E-state index >= 15 is 0 Å². The van der Waals surface area contributed by atoms with Crippen molar-refractivity contribution in [3.63, 3.8) is 0 Å². The lowest BCUT2D eigenvalue weighted by Crippen LogP contribution is -2.49. The van der Waals surface area contributed by atoms with Crippen LogP contribution in [0.5, 0.6) is 0 Å². The zero-order valence-corrected chi connectivity index (χ0v) is 11.7. The van der Waals surface area contributed by atoms with Crippen LogP contribution < -0.4 is 10.6 Å². The predicted octanol–water partition coefficient (Wildman–Crippen LogP) is -0.0927. The molecule has 0 aromatic carbocycles. The van der Waals surface area contributed by atoms with E-state index in [-0.39, 0.29) is 6.10 Å². The first-order valence-electron chi connectivity index (χ1n) is 6.09. The highest BCUT2D eigenvalue weighted by molar-refractivity contribution is 7.98. The third kappa shape index (κ3) is 6.65. The number of carboxylic acids is 1. The molecule has 8 heteroatoms.